The predicted molar refractivity (Wildman–Crippen MR) is 63.8 cm³/mol. The summed E-state index contributed by atoms with van der Waals surface area (Å²) in [5.74, 6) is 2.02. The molecule has 1 heterocycles. The third-order valence-electron chi connectivity index (χ3n) is 4.13. The van der Waals surface area contributed by atoms with E-state index in [9.17, 15) is 0 Å². The highest BCUT2D eigenvalue weighted by Crippen LogP contribution is 2.40. The molecule has 86 valence electrons. The van der Waals surface area contributed by atoms with Crippen LogP contribution in [0.15, 0.2) is 12.7 Å². The van der Waals surface area contributed by atoms with Crippen LogP contribution in [0.5, 0.6) is 0 Å². The van der Waals surface area contributed by atoms with E-state index >= 15 is 0 Å². The van der Waals surface area contributed by atoms with Crippen LogP contribution in [0.2, 0.25) is 0 Å². The zero-order valence-corrected chi connectivity index (χ0v) is 10.1. The van der Waals surface area contributed by atoms with Crippen LogP contribution in [0, 0.1) is 17.8 Å². The van der Waals surface area contributed by atoms with Crippen LogP contribution in [-0.2, 0) is 4.74 Å². The summed E-state index contributed by atoms with van der Waals surface area (Å²) < 4.78 is 6.28. The molecule has 1 saturated carbocycles. The number of hydrogen-bond donors (Lipinski definition) is 0. The lowest BCUT2D eigenvalue weighted by Gasteiger charge is -2.44. The Morgan fingerprint density at radius 1 is 1.27 bits per heavy atom. The van der Waals surface area contributed by atoms with Gasteiger partial charge in [-0.25, -0.2) is 0 Å². The summed E-state index contributed by atoms with van der Waals surface area (Å²) >= 11 is 0. The van der Waals surface area contributed by atoms with Crippen molar-refractivity contribution < 1.29 is 4.74 Å². The molecule has 2 rings (SSSR count). The molecule has 2 aliphatic rings. The third-order valence-corrected chi connectivity index (χ3v) is 4.13. The fourth-order valence-electron chi connectivity index (χ4n) is 3.29. The van der Waals surface area contributed by atoms with E-state index in [2.05, 4.69) is 26.5 Å². The van der Waals surface area contributed by atoms with Crippen LogP contribution in [0.1, 0.15) is 46.0 Å². The highest BCUT2D eigenvalue weighted by molar-refractivity contribution is 4.95. The molecule has 1 saturated heterocycles. The predicted octanol–water partition coefficient (Wildman–Crippen LogP) is 3.79. The summed E-state index contributed by atoms with van der Waals surface area (Å²) in [5, 5.41) is 0. The molecule has 0 aromatic rings. The van der Waals surface area contributed by atoms with Crippen LogP contribution < -0.4 is 0 Å². The fourth-order valence-corrected chi connectivity index (χ4v) is 3.29. The molecule has 0 aromatic heterocycles. The molecule has 1 heteroatoms. The Labute approximate surface area is 93.9 Å². The van der Waals surface area contributed by atoms with E-state index in [1.165, 1.54) is 32.1 Å². The van der Waals surface area contributed by atoms with Crippen molar-refractivity contribution in [2.24, 2.45) is 17.8 Å². The molecular formula is C14H24O. The van der Waals surface area contributed by atoms with Gasteiger partial charge in [-0.3, -0.25) is 0 Å². The normalized spacial score (nSPS) is 41.3. The Kier molecular flexibility index (Phi) is 3.50. The second kappa shape index (κ2) is 4.69. The van der Waals surface area contributed by atoms with E-state index in [1.807, 2.05) is 0 Å². The van der Waals surface area contributed by atoms with Gasteiger partial charge in [0.05, 0.1) is 12.2 Å². The Hall–Kier alpha value is -0.300. The number of ether oxygens (including phenoxy) is 1. The van der Waals surface area contributed by atoms with Gasteiger partial charge in [0, 0.05) is 5.92 Å². The summed E-state index contributed by atoms with van der Waals surface area (Å²) in [6, 6.07) is 0. The third kappa shape index (κ3) is 2.28. The highest BCUT2D eigenvalue weighted by atomic mass is 16.5. The van der Waals surface area contributed by atoms with Gasteiger partial charge >= 0.3 is 0 Å². The van der Waals surface area contributed by atoms with Crippen molar-refractivity contribution in [1.82, 2.24) is 0 Å². The minimum absolute atomic E-state index is 0.418. The lowest BCUT2D eigenvalue weighted by molar-refractivity contribution is -0.134. The maximum Gasteiger partial charge on any atom is 0.0664 e. The zero-order chi connectivity index (χ0) is 10.8. The van der Waals surface area contributed by atoms with E-state index in [-0.39, 0.29) is 0 Å². The van der Waals surface area contributed by atoms with E-state index in [0.29, 0.717) is 24.0 Å². The van der Waals surface area contributed by atoms with E-state index < -0.39 is 0 Å². The first-order chi connectivity index (χ1) is 7.22. The largest absolute Gasteiger partial charge is 0.374 e. The molecule has 0 spiro atoms. The molecule has 1 aliphatic carbocycles. The number of rotatable bonds is 2. The van der Waals surface area contributed by atoms with Gasteiger partial charge < -0.3 is 4.74 Å². The van der Waals surface area contributed by atoms with Crippen LogP contribution >= 0.6 is 0 Å². The van der Waals surface area contributed by atoms with E-state index in [1.54, 1.807) is 0 Å². The highest BCUT2D eigenvalue weighted by Gasteiger charge is 2.38. The Balaban J connectivity index is 2.05. The molecule has 0 unspecified atom stereocenters. The van der Waals surface area contributed by atoms with E-state index in [0.717, 1.165) is 5.92 Å². The standard InChI is InChI=1S/C14H24O/c1-4-11-9-12-7-5-6-8-13(12)15-14(11)10(2)3/h4,10-14H,1,5-9H2,2-3H3/t11-,12-,13+,14-/m1/s1. The van der Waals surface area contributed by atoms with Crippen molar-refractivity contribution in [3.05, 3.63) is 12.7 Å². The van der Waals surface area contributed by atoms with Crippen LogP contribution in [0.4, 0.5) is 0 Å². The van der Waals surface area contributed by atoms with Crippen molar-refractivity contribution in [3.8, 4) is 0 Å². The summed E-state index contributed by atoms with van der Waals surface area (Å²) in [4.78, 5) is 0. The average molecular weight is 208 g/mol. The van der Waals surface area contributed by atoms with Gasteiger partial charge in [-0.15, -0.1) is 6.58 Å². The second-order valence-corrected chi connectivity index (χ2v) is 5.56. The van der Waals surface area contributed by atoms with E-state index in [4.69, 9.17) is 4.74 Å². The fraction of sp³-hybridized carbons (Fsp3) is 0.857. The summed E-state index contributed by atoms with van der Waals surface area (Å²) in [6.07, 6.45) is 9.85. The Bertz CT molecular complexity index is 221. The summed E-state index contributed by atoms with van der Waals surface area (Å²) in [7, 11) is 0. The SMILES string of the molecule is C=C[C@@H]1C[C@H]2CCCC[C@@H]2O[C@@H]1C(C)C. The molecule has 2 fully saturated rings. The van der Waals surface area contributed by atoms with Gasteiger partial charge in [-0.05, 0) is 31.1 Å². The van der Waals surface area contributed by atoms with Gasteiger partial charge in [-0.2, -0.15) is 0 Å². The van der Waals surface area contributed by atoms with Crippen molar-refractivity contribution in [2.75, 3.05) is 0 Å². The molecule has 4 atom stereocenters. The molecule has 0 bridgehead atoms. The molecule has 0 aromatic carbocycles. The number of hydrogen-bond acceptors (Lipinski definition) is 1. The van der Waals surface area contributed by atoms with Gasteiger partial charge in [-0.1, -0.05) is 32.8 Å². The van der Waals surface area contributed by atoms with Crippen LogP contribution in [-0.4, -0.2) is 12.2 Å². The number of fused-ring (bicyclic) bond motifs is 1. The minimum Gasteiger partial charge on any atom is -0.374 e. The van der Waals surface area contributed by atoms with Crippen molar-refractivity contribution in [1.29, 1.82) is 0 Å². The van der Waals surface area contributed by atoms with Gasteiger partial charge in [0.15, 0.2) is 0 Å². The second-order valence-electron chi connectivity index (χ2n) is 5.56. The first kappa shape index (κ1) is 11.2. The smallest absolute Gasteiger partial charge is 0.0664 e. The Morgan fingerprint density at radius 2 is 2.00 bits per heavy atom. The maximum absolute atomic E-state index is 6.28. The lowest BCUT2D eigenvalue weighted by Crippen LogP contribution is -2.44. The quantitative estimate of drug-likeness (QED) is 0.627. The molecule has 15 heavy (non-hydrogen) atoms. The molecule has 1 aliphatic heterocycles. The zero-order valence-electron chi connectivity index (χ0n) is 10.1. The summed E-state index contributed by atoms with van der Waals surface area (Å²) in [6.45, 7) is 8.51. The summed E-state index contributed by atoms with van der Waals surface area (Å²) in [5.41, 5.74) is 0. The first-order valence-corrected chi connectivity index (χ1v) is 6.50. The Morgan fingerprint density at radius 3 is 2.67 bits per heavy atom. The lowest BCUT2D eigenvalue weighted by atomic mass is 9.74. The first-order valence-electron chi connectivity index (χ1n) is 6.50. The van der Waals surface area contributed by atoms with Crippen molar-refractivity contribution in [2.45, 2.75) is 58.2 Å². The molecule has 0 N–H and O–H groups in total. The van der Waals surface area contributed by atoms with Gasteiger partial charge in [0.2, 0.25) is 0 Å². The molecule has 0 radical (unpaired) electrons. The van der Waals surface area contributed by atoms with Crippen molar-refractivity contribution >= 4 is 0 Å². The van der Waals surface area contributed by atoms with Crippen LogP contribution in [0.3, 0.4) is 0 Å². The molecule has 0 amide bonds. The van der Waals surface area contributed by atoms with Gasteiger partial charge in [0.1, 0.15) is 0 Å². The average Bonchev–Trinajstić information content (AvgIpc) is 2.27. The maximum atomic E-state index is 6.28. The molecule has 1 nitrogen and oxygen atoms in total. The molecular weight excluding hydrogens is 184 g/mol. The minimum atomic E-state index is 0.418. The van der Waals surface area contributed by atoms with Crippen molar-refractivity contribution in [3.63, 3.8) is 0 Å². The monoisotopic (exact) mass is 208 g/mol. The topological polar surface area (TPSA) is 9.23 Å². The van der Waals surface area contributed by atoms with Gasteiger partial charge in [0.25, 0.3) is 0 Å². The van der Waals surface area contributed by atoms with Crippen LogP contribution in [0.25, 0.3) is 0 Å².